The number of morpholine rings is 1. The van der Waals surface area contributed by atoms with E-state index in [1.54, 1.807) is 29.2 Å². The molecule has 5 amide bonds. The van der Waals surface area contributed by atoms with Crippen molar-refractivity contribution < 1.29 is 38.6 Å². The summed E-state index contributed by atoms with van der Waals surface area (Å²) in [6.45, 7) is 16.6. The molecule has 1 saturated heterocycles. The average molecular weight is 721 g/mol. The summed E-state index contributed by atoms with van der Waals surface area (Å²) in [6.07, 6.45) is 0.683. The summed E-state index contributed by atoms with van der Waals surface area (Å²) in [6, 6.07) is 2.30. The van der Waals surface area contributed by atoms with Crippen molar-refractivity contribution in [3.8, 4) is 5.75 Å². The van der Waals surface area contributed by atoms with Crippen LogP contribution in [0.4, 0.5) is 9.59 Å². The number of ether oxygens (including phenoxy) is 2. The van der Waals surface area contributed by atoms with Gasteiger partial charge in [0, 0.05) is 30.5 Å². The first-order chi connectivity index (χ1) is 23.2. The molecule has 50 heavy (non-hydrogen) atoms. The van der Waals surface area contributed by atoms with Crippen molar-refractivity contribution in [2.45, 2.75) is 105 Å². The molecule has 1 aromatic carbocycles. The van der Waals surface area contributed by atoms with E-state index in [1.165, 1.54) is 0 Å². The molecule has 1 aliphatic rings. The summed E-state index contributed by atoms with van der Waals surface area (Å²) in [5, 5.41) is 20.6. The normalized spacial score (nSPS) is 16.0. The van der Waals surface area contributed by atoms with E-state index >= 15 is 0 Å². The first-order valence-electron chi connectivity index (χ1n) is 17.1. The zero-order valence-electron chi connectivity index (χ0n) is 30.6. The number of urea groups is 1. The molecule has 2 rings (SSSR count). The first-order valence-corrected chi connectivity index (χ1v) is 17.5. The fraction of sp³-hybridized carbons (Fsp3) is 0.657. The molecular weight excluding hydrogens is 664 g/mol. The lowest BCUT2D eigenvalue weighted by Crippen LogP contribution is -2.60. The number of carboxylic acid groups (broad SMARTS) is 1. The van der Waals surface area contributed by atoms with Crippen LogP contribution in [0, 0.1) is 17.3 Å². The van der Waals surface area contributed by atoms with Crippen molar-refractivity contribution in [1.82, 2.24) is 26.2 Å². The van der Waals surface area contributed by atoms with E-state index in [-0.39, 0.29) is 24.7 Å². The van der Waals surface area contributed by atoms with Crippen LogP contribution in [0.1, 0.15) is 80.2 Å². The Labute approximate surface area is 300 Å². The minimum atomic E-state index is -1.20. The van der Waals surface area contributed by atoms with Gasteiger partial charge in [-0.1, -0.05) is 72.3 Å². The van der Waals surface area contributed by atoms with Gasteiger partial charge >= 0.3 is 18.1 Å². The highest BCUT2D eigenvalue weighted by Gasteiger charge is 2.36. The van der Waals surface area contributed by atoms with Crippen molar-refractivity contribution in [2.75, 3.05) is 26.3 Å². The SMILES string of the molecule is CCC(C)C(NC(=O)C(Cc1ccc(OC(=O)N2CCOCC2)cc1)NC(=O)NC(CC(C)C)C(=O)O)C(=O)NC(C)(C)CC(C)(C)C(N)=S. The molecule has 1 aromatic rings. The Morgan fingerprint density at radius 3 is 2.06 bits per heavy atom. The summed E-state index contributed by atoms with van der Waals surface area (Å²) in [4.78, 5) is 67.0. The van der Waals surface area contributed by atoms with Gasteiger partial charge in [0.25, 0.3) is 0 Å². The molecule has 7 N–H and O–H groups in total. The number of nitrogens with one attached hydrogen (secondary N) is 4. The molecule has 1 aliphatic heterocycles. The van der Waals surface area contributed by atoms with Crippen LogP contribution in [0.2, 0.25) is 0 Å². The molecule has 0 aliphatic carbocycles. The molecule has 4 unspecified atom stereocenters. The second-order valence-corrected chi connectivity index (χ2v) is 15.1. The summed E-state index contributed by atoms with van der Waals surface area (Å²) in [7, 11) is 0. The number of amides is 5. The number of aliphatic carboxylic acids is 1. The lowest BCUT2D eigenvalue weighted by atomic mass is 9.79. The van der Waals surface area contributed by atoms with Gasteiger partial charge < -0.3 is 46.5 Å². The third-order valence-electron chi connectivity index (χ3n) is 8.58. The van der Waals surface area contributed by atoms with Gasteiger partial charge in [0.2, 0.25) is 11.8 Å². The molecule has 280 valence electrons. The Kier molecular flexibility index (Phi) is 15.9. The highest BCUT2D eigenvalue weighted by atomic mass is 32.1. The van der Waals surface area contributed by atoms with E-state index in [9.17, 15) is 29.1 Å². The van der Waals surface area contributed by atoms with Crippen molar-refractivity contribution >= 4 is 47.1 Å². The highest BCUT2D eigenvalue weighted by Crippen LogP contribution is 2.28. The van der Waals surface area contributed by atoms with Crippen molar-refractivity contribution in [3.63, 3.8) is 0 Å². The summed E-state index contributed by atoms with van der Waals surface area (Å²) in [5.74, 6) is -2.25. The second kappa shape index (κ2) is 18.9. The molecule has 0 radical (unpaired) electrons. The Hall–Kier alpha value is -3.98. The maximum atomic E-state index is 13.9. The van der Waals surface area contributed by atoms with Crippen molar-refractivity contribution in [2.24, 2.45) is 23.0 Å². The van der Waals surface area contributed by atoms with E-state index < -0.39 is 59.0 Å². The topological polar surface area (TPSA) is 201 Å². The van der Waals surface area contributed by atoms with Gasteiger partial charge in [-0.25, -0.2) is 14.4 Å². The monoisotopic (exact) mass is 720 g/mol. The van der Waals surface area contributed by atoms with Gasteiger partial charge in [0.05, 0.1) is 18.2 Å². The number of nitrogens with two attached hydrogens (primary N) is 1. The van der Waals surface area contributed by atoms with Gasteiger partial charge in [-0.05, 0) is 56.2 Å². The molecule has 4 atom stereocenters. The number of benzene rings is 1. The van der Waals surface area contributed by atoms with Gasteiger partial charge in [0.15, 0.2) is 0 Å². The van der Waals surface area contributed by atoms with Crippen LogP contribution in [0.15, 0.2) is 24.3 Å². The zero-order valence-corrected chi connectivity index (χ0v) is 31.4. The molecule has 1 fully saturated rings. The standard InChI is InChI=1S/C35H56N6O8S/c1-9-22(4)27(29(43)40-35(7,8)20-34(5,6)31(36)50)39-28(42)25(37-32(46)38-26(30(44)45)18-21(2)3)19-23-10-12-24(13-11-23)49-33(47)41-14-16-48-17-15-41/h10-13,21-22,25-27H,9,14-20H2,1-8H3,(H2,36,50)(H,39,42)(H,40,43)(H,44,45)(H2,37,38,46). The number of thiocarbonyl (C=S) groups is 1. The van der Waals surface area contributed by atoms with Crippen LogP contribution < -0.4 is 31.7 Å². The van der Waals surface area contributed by atoms with E-state index in [0.29, 0.717) is 55.4 Å². The van der Waals surface area contributed by atoms with Crippen molar-refractivity contribution in [1.29, 1.82) is 0 Å². The Morgan fingerprint density at radius 1 is 0.960 bits per heavy atom. The molecule has 15 heteroatoms. The molecular formula is C35H56N6O8S. The van der Waals surface area contributed by atoms with Gasteiger partial charge in [0.1, 0.15) is 23.9 Å². The minimum Gasteiger partial charge on any atom is -0.480 e. The van der Waals surface area contributed by atoms with E-state index in [4.69, 9.17) is 27.4 Å². The first kappa shape index (κ1) is 42.2. The fourth-order valence-corrected chi connectivity index (χ4v) is 5.78. The highest BCUT2D eigenvalue weighted by molar-refractivity contribution is 7.80. The molecule has 0 bridgehead atoms. The maximum Gasteiger partial charge on any atom is 0.415 e. The van der Waals surface area contributed by atoms with Crippen LogP contribution in [0.25, 0.3) is 0 Å². The van der Waals surface area contributed by atoms with Crippen LogP contribution in [-0.4, -0.2) is 94.9 Å². The zero-order chi connectivity index (χ0) is 37.8. The number of rotatable bonds is 17. The van der Waals surface area contributed by atoms with Crippen LogP contribution in [0.3, 0.4) is 0 Å². The molecule has 0 aromatic heterocycles. The van der Waals surface area contributed by atoms with Crippen LogP contribution >= 0.6 is 12.2 Å². The molecule has 14 nitrogen and oxygen atoms in total. The Balaban J connectivity index is 2.30. The summed E-state index contributed by atoms with van der Waals surface area (Å²) >= 11 is 5.22. The third-order valence-corrected chi connectivity index (χ3v) is 9.13. The smallest absolute Gasteiger partial charge is 0.415 e. The van der Waals surface area contributed by atoms with Crippen LogP contribution in [0.5, 0.6) is 5.75 Å². The Bertz CT molecular complexity index is 1350. The average Bonchev–Trinajstić information content (AvgIpc) is 3.02. The quantitative estimate of drug-likeness (QED) is 0.130. The number of nitrogens with zero attached hydrogens (tertiary/aromatic N) is 1. The Morgan fingerprint density at radius 2 is 1.54 bits per heavy atom. The number of hydrogen-bond acceptors (Lipinski definition) is 8. The number of carbonyl (C=O) groups is 5. The predicted octanol–water partition coefficient (Wildman–Crippen LogP) is 3.36. The van der Waals surface area contributed by atoms with Gasteiger partial charge in [-0.2, -0.15) is 0 Å². The lowest BCUT2D eigenvalue weighted by molar-refractivity contribution is -0.139. The van der Waals surface area contributed by atoms with Crippen molar-refractivity contribution in [3.05, 3.63) is 29.8 Å². The van der Waals surface area contributed by atoms with E-state index in [0.717, 1.165) is 0 Å². The van der Waals surface area contributed by atoms with Gasteiger partial charge in [-0.15, -0.1) is 0 Å². The number of carbonyl (C=O) groups excluding carboxylic acids is 4. The summed E-state index contributed by atoms with van der Waals surface area (Å²) < 4.78 is 10.8. The third kappa shape index (κ3) is 13.7. The molecule has 0 saturated carbocycles. The van der Waals surface area contributed by atoms with Crippen LogP contribution in [-0.2, 0) is 25.5 Å². The predicted molar refractivity (Wildman–Crippen MR) is 194 cm³/mol. The maximum absolute atomic E-state index is 13.9. The summed E-state index contributed by atoms with van der Waals surface area (Å²) in [5.41, 5.74) is 5.28. The van der Waals surface area contributed by atoms with E-state index in [2.05, 4.69) is 21.3 Å². The van der Waals surface area contributed by atoms with E-state index in [1.807, 2.05) is 55.4 Å². The largest absolute Gasteiger partial charge is 0.480 e. The number of hydrogen-bond donors (Lipinski definition) is 6. The lowest BCUT2D eigenvalue weighted by Gasteiger charge is -2.37. The molecule has 1 heterocycles. The van der Waals surface area contributed by atoms with Gasteiger partial charge in [-0.3, -0.25) is 9.59 Å². The fourth-order valence-electron chi connectivity index (χ4n) is 5.70. The minimum absolute atomic E-state index is 0.0126. The second-order valence-electron chi connectivity index (χ2n) is 14.7. The molecule has 0 spiro atoms. The number of carboxylic acids is 1.